The lowest BCUT2D eigenvalue weighted by molar-refractivity contribution is 0.552. The Morgan fingerprint density at radius 1 is 1.58 bits per heavy atom. The second-order valence-corrected chi connectivity index (χ2v) is 3.75. The first-order valence-corrected chi connectivity index (χ1v) is 5.05. The predicted molar refractivity (Wildman–Crippen MR) is 51.8 cm³/mol. The molecule has 2 aliphatic rings. The molecule has 1 aliphatic carbocycles. The molecule has 0 spiro atoms. The minimum absolute atomic E-state index is 0.843. The van der Waals surface area contributed by atoms with Crippen LogP contribution in [-0.4, -0.2) is 6.54 Å². The number of rotatable bonds is 2. The van der Waals surface area contributed by atoms with Crippen LogP contribution >= 0.6 is 0 Å². The lowest BCUT2D eigenvalue weighted by atomic mass is 9.90. The first-order chi connectivity index (χ1) is 5.92. The molecule has 0 saturated carbocycles. The molecule has 1 atom stereocenters. The largest absolute Gasteiger partial charge is 0.384 e. The molecule has 1 heteroatoms. The van der Waals surface area contributed by atoms with Crippen molar-refractivity contribution in [3.63, 3.8) is 0 Å². The maximum absolute atomic E-state index is 3.49. The van der Waals surface area contributed by atoms with Gasteiger partial charge < -0.3 is 5.32 Å². The Morgan fingerprint density at radius 3 is 3.33 bits per heavy atom. The van der Waals surface area contributed by atoms with Crippen molar-refractivity contribution in [2.45, 2.75) is 32.6 Å². The summed E-state index contributed by atoms with van der Waals surface area (Å²) in [6.07, 6.45) is 9.76. The highest BCUT2D eigenvalue weighted by Crippen LogP contribution is 2.31. The summed E-state index contributed by atoms with van der Waals surface area (Å²) in [5.74, 6) is 0.843. The molecule has 0 bridgehead atoms. The summed E-state index contributed by atoms with van der Waals surface area (Å²) in [5, 5.41) is 3.49. The quantitative estimate of drug-likeness (QED) is 0.660. The van der Waals surface area contributed by atoms with Gasteiger partial charge in [-0.05, 0) is 36.8 Å². The van der Waals surface area contributed by atoms with E-state index in [0.29, 0.717) is 0 Å². The van der Waals surface area contributed by atoms with E-state index in [-0.39, 0.29) is 0 Å². The molecular formula is C11H17N. The third-order valence-corrected chi connectivity index (χ3v) is 2.88. The molecule has 1 unspecified atom stereocenters. The Balaban J connectivity index is 2.11. The Labute approximate surface area is 74.5 Å². The Bertz CT molecular complexity index is 225. The first-order valence-electron chi connectivity index (χ1n) is 5.05. The number of nitrogens with one attached hydrogen (secondary N) is 1. The van der Waals surface area contributed by atoms with Crippen molar-refractivity contribution in [3.8, 4) is 0 Å². The first kappa shape index (κ1) is 7.90. The second kappa shape index (κ2) is 3.34. The summed E-state index contributed by atoms with van der Waals surface area (Å²) in [7, 11) is 0. The summed E-state index contributed by atoms with van der Waals surface area (Å²) in [5.41, 5.74) is 3.12. The lowest BCUT2D eigenvalue weighted by Crippen LogP contribution is -2.11. The third kappa shape index (κ3) is 1.28. The van der Waals surface area contributed by atoms with E-state index >= 15 is 0 Å². The van der Waals surface area contributed by atoms with Crippen molar-refractivity contribution in [2.75, 3.05) is 6.54 Å². The molecule has 0 amide bonds. The molecule has 1 N–H and O–H groups in total. The summed E-state index contributed by atoms with van der Waals surface area (Å²) < 4.78 is 0. The lowest BCUT2D eigenvalue weighted by Gasteiger charge is -2.13. The van der Waals surface area contributed by atoms with Gasteiger partial charge in [-0.2, -0.15) is 0 Å². The van der Waals surface area contributed by atoms with Crippen LogP contribution in [0.25, 0.3) is 0 Å². The number of hydrogen-bond acceptors (Lipinski definition) is 1. The van der Waals surface area contributed by atoms with E-state index in [0.717, 1.165) is 5.92 Å². The van der Waals surface area contributed by atoms with E-state index in [1.165, 1.54) is 37.9 Å². The zero-order chi connectivity index (χ0) is 8.39. The van der Waals surface area contributed by atoms with Crippen molar-refractivity contribution in [2.24, 2.45) is 5.92 Å². The topological polar surface area (TPSA) is 12.0 Å². The molecule has 12 heavy (non-hydrogen) atoms. The Morgan fingerprint density at radius 2 is 2.50 bits per heavy atom. The van der Waals surface area contributed by atoms with Gasteiger partial charge in [0.1, 0.15) is 0 Å². The predicted octanol–water partition coefficient (Wildman–Crippen LogP) is 2.61. The van der Waals surface area contributed by atoms with E-state index < -0.39 is 0 Å². The van der Waals surface area contributed by atoms with Gasteiger partial charge in [-0.3, -0.25) is 0 Å². The molecule has 1 heterocycles. The maximum Gasteiger partial charge on any atom is 0.0332 e. The minimum atomic E-state index is 0.843. The molecule has 0 saturated heterocycles. The summed E-state index contributed by atoms with van der Waals surface area (Å²) in [6, 6.07) is 0. The van der Waals surface area contributed by atoms with Crippen LogP contribution in [0.5, 0.6) is 0 Å². The normalized spacial score (nSPS) is 27.2. The van der Waals surface area contributed by atoms with E-state index in [9.17, 15) is 0 Å². The summed E-state index contributed by atoms with van der Waals surface area (Å²) in [6.45, 7) is 3.46. The van der Waals surface area contributed by atoms with Gasteiger partial charge in [0.2, 0.25) is 0 Å². The number of allylic oxidation sites excluding steroid dienone is 2. The molecule has 0 aromatic carbocycles. The third-order valence-electron chi connectivity index (χ3n) is 2.88. The highest BCUT2D eigenvalue weighted by molar-refractivity contribution is 5.33. The van der Waals surface area contributed by atoms with Gasteiger partial charge in [-0.15, -0.1) is 0 Å². The van der Waals surface area contributed by atoms with Crippen LogP contribution in [0.3, 0.4) is 0 Å². The van der Waals surface area contributed by atoms with Gasteiger partial charge in [0.25, 0.3) is 0 Å². The van der Waals surface area contributed by atoms with Crippen LogP contribution < -0.4 is 5.32 Å². The fourth-order valence-corrected chi connectivity index (χ4v) is 2.26. The van der Waals surface area contributed by atoms with Gasteiger partial charge in [0, 0.05) is 12.2 Å². The highest BCUT2D eigenvalue weighted by atomic mass is 14.9. The van der Waals surface area contributed by atoms with Crippen LogP contribution in [0.4, 0.5) is 0 Å². The van der Waals surface area contributed by atoms with Crippen LogP contribution in [0.15, 0.2) is 23.4 Å². The molecule has 1 nitrogen and oxygen atoms in total. The molecular weight excluding hydrogens is 146 g/mol. The molecule has 2 rings (SSSR count). The van der Waals surface area contributed by atoms with Gasteiger partial charge in [0.05, 0.1) is 0 Å². The zero-order valence-electron chi connectivity index (χ0n) is 7.77. The fourth-order valence-electron chi connectivity index (χ4n) is 2.26. The maximum atomic E-state index is 3.49. The van der Waals surface area contributed by atoms with E-state index in [1.807, 2.05) is 0 Å². The van der Waals surface area contributed by atoms with Gasteiger partial charge in [0.15, 0.2) is 0 Å². The van der Waals surface area contributed by atoms with E-state index in [2.05, 4.69) is 24.4 Å². The van der Waals surface area contributed by atoms with Crippen molar-refractivity contribution < 1.29 is 0 Å². The summed E-state index contributed by atoms with van der Waals surface area (Å²) in [4.78, 5) is 0. The van der Waals surface area contributed by atoms with Crippen LogP contribution in [0, 0.1) is 5.92 Å². The summed E-state index contributed by atoms with van der Waals surface area (Å²) >= 11 is 0. The minimum Gasteiger partial charge on any atom is -0.384 e. The SMILES string of the molecule is CCCC1CNC2=C1CCC=C2. The van der Waals surface area contributed by atoms with Crippen LogP contribution in [-0.2, 0) is 0 Å². The van der Waals surface area contributed by atoms with Crippen molar-refractivity contribution in [3.05, 3.63) is 23.4 Å². The molecule has 0 radical (unpaired) electrons. The molecule has 0 aromatic heterocycles. The Kier molecular flexibility index (Phi) is 2.20. The Hall–Kier alpha value is -0.720. The fraction of sp³-hybridized carbons (Fsp3) is 0.636. The van der Waals surface area contributed by atoms with Crippen LogP contribution in [0.2, 0.25) is 0 Å². The van der Waals surface area contributed by atoms with Gasteiger partial charge in [-0.1, -0.05) is 19.4 Å². The highest BCUT2D eigenvalue weighted by Gasteiger charge is 2.23. The second-order valence-electron chi connectivity index (χ2n) is 3.75. The average Bonchev–Trinajstić information content (AvgIpc) is 2.50. The van der Waals surface area contributed by atoms with Crippen molar-refractivity contribution in [1.82, 2.24) is 5.32 Å². The van der Waals surface area contributed by atoms with Gasteiger partial charge in [-0.25, -0.2) is 0 Å². The molecule has 0 aromatic rings. The van der Waals surface area contributed by atoms with E-state index in [4.69, 9.17) is 0 Å². The van der Waals surface area contributed by atoms with Crippen molar-refractivity contribution in [1.29, 1.82) is 0 Å². The smallest absolute Gasteiger partial charge is 0.0332 e. The monoisotopic (exact) mass is 163 g/mol. The average molecular weight is 163 g/mol. The molecule has 0 fully saturated rings. The number of hydrogen-bond donors (Lipinski definition) is 1. The molecule has 1 aliphatic heterocycles. The zero-order valence-corrected chi connectivity index (χ0v) is 7.77. The standard InChI is InChI=1S/C11H17N/c1-2-5-9-8-12-11-7-4-3-6-10(9)11/h4,7,9,12H,2-3,5-6,8H2,1H3. The van der Waals surface area contributed by atoms with E-state index in [1.54, 1.807) is 5.57 Å². The van der Waals surface area contributed by atoms with Gasteiger partial charge >= 0.3 is 0 Å². The van der Waals surface area contributed by atoms with Crippen molar-refractivity contribution >= 4 is 0 Å². The van der Waals surface area contributed by atoms with Crippen LogP contribution in [0.1, 0.15) is 32.6 Å². The molecule has 66 valence electrons.